The summed E-state index contributed by atoms with van der Waals surface area (Å²) in [5.41, 5.74) is 5.33. The van der Waals surface area contributed by atoms with Crippen LogP contribution in [0, 0.1) is 36.5 Å². The number of anilines is 2. The van der Waals surface area contributed by atoms with Crippen molar-refractivity contribution >= 4 is 86.5 Å². The monoisotopic (exact) mass is 1290 g/mol. The number of benzene rings is 4. The van der Waals surface area contributed by atoms with Crippen molar-refractivity contribution < 1.29 is 71.6 Å². The van der Waals surface area contributed by atoms with Crippen molar-refractivity contribution in [3.8, 4) is 28.7 Å². The van der Waals surface area contributed by atoms with Crippen LogP contribution in [0.15, 0.2) is 100.0 Å². The SMILES string of the molecule is CC(=O)O[C@@H]1[C@H](C)C/C=C/O[C@@]2(C)Oc3c(C)c(O)c4c(=O)c(c5oc6cccc(OCc7ccc(NC(=O)[C@H](CCCNC(N)=O)NC(=O)[C@@H](NC(=O)CCCCCN8C(=O)C=CC8=O)C(C)C)cc7)c6nc-5c4c3C2=O)NC(=O)/C(C)=C\C=C\[C@H](C)C[C@@H](C)C[C@H]1C. The van der Waals surface area contributed by atoms with E-state index >= 15 is 0 Å². The molecule has 0 saturated heterocycles. The number of phenolic OH excluding ortho intramolecular Hbond substituents is 1. The number of para-hydroxylation sites is 1. The van der Waals surface area contributed by atoms with E-state index in [1.54, 1.807) is 81.5 Å². The molecule has 3 aromatic rings. The number of fused-ring (bicyclic) bond motifs is 2. The van der Waals surface area contributed by atoms with Crippen molar-refractivity contribution in [3.63, 3.8) is 0 Å². The van der Waals surface area contributed by atoms with Crippen LogP contribution in [0.2, 0.25) is 0 Å². The number of nitrogens with two attached hydrogens (primary N) is 1. The van der Waals surface area contributed by atoms with E-state index in [0.29, 0.717) is 36.9 Å². The van der Waals surface area contributed by atoms with Crippen molar-refractivity contribution in [2.45, 2.75) is 158 Å². The van der Waals surface area contributed by atoms with Crippen LogP contribution < -0.4 is 47.2 Å². The summed E-state index contributed by atoms with van der Waals surface area (Å²) in [6, 6.07) is 8.61. The Labute approximate surface area is 544 Å². The predicted molar refractivity (Wildman–Crippen MR) is 351 cm³/mol. The van der Waals surface area contributed by atoms with Gasteiger partial charge in [0.05, 0.1) is 17.2 Å². The number of phenols is 1. The third-order valence-corrected chi connectivity index (χ3v) is 17.0. The van der Waals surface area contributed by atoms with Crippen LogP contribution in [0.3, 0.4) is 0 Å². The number of hydrogen-bond acceptors (Lipinski definition) is 17. The summed E-state index contributed by atoms with van der Waals surface area (Å²) < 4.78 is 31.3. The molecule has 0 radical (unpaired) electrons. The van der Waals surface area contributed by atoms with Gasteiger partial charge in [0.2, 0.25) is 23.2 Å². The standard InChI is InChI=1S/C70H84N8O16/c1-37(2)56(75-50(80)24-12-11-13-32-78-51(81)29-30-52(78)82)68(88)74-47(21-16-31-72-69(71)89)67(87)73-46-27-25-45(26-28-46)36-90-48-22-15-23-49-57(48)76-58-53-54-60(83)43(8)63-55(53)65(85)70(10,94-63)91-33-17-20-40(5)62(92-44(9)79)42(7)35-39(4)34-38(3)18-14-19-41(6)66(86)77-59(61(54)84)64(58)93-49/h14-15,17-19,22-23,25-30,33,37-40,42,47,56,62,83H,11-13,16,20-21,24,31-32,34-36H2,1-10H3,(H,73,87)(H,74,88)(H,75,80)(H,77,86)(H3,71,72,89)/b18-14+,33-17+,41-19-/t38-,39+,40+,42+,47-,56-,62+,70-/m0/s1. The van der Waals surface area contributed by atoms with Gasteiger partial charge in [-0.1, -0.05) is 84.4 Å². The van der Waals surface area contributed by atoms with E-state index in [1.807, 2.05) is 13.0 Å². The number of Topliss-reactive ketones (excluding diaryl/α,β-unsaturated/α-hetero) is 1. The smallest absolute Gasteiger partial charge is 0.312 e. The van der Waals surface area contributed by atoms with Gasteiger partial charge in [0.25, 0.3) is 23.5 Å². The number of aromatic nitrogens is 1. The summed E-state index contributed by atoms with van der Waals surface area (Å²) in [7, 11) is 0. The zero-order chi connectivity index (χ0) is 68.3. The zero-order valence-corrected chi connectivity index (χ0v) is 54.7. The first kappa shape index (κ1) is 70.0. The fraction of sp³-hybridized carbons (Fsp3) is 0.443. The molecule has 0 saturated carbocycles. The van der Waals surface area contributed by atoms with Gasteiger partial charge >= 0.3 is 17.8 Å². The lowest BCUT2D eigenvalue weighted by molar-refractivity contribution is -0.152. The molecular formula is C70H84N8O16. The number of urea groups is 1. The summed E-state index contributed by atoms with van der Waals surface area (Å²) >= 11 is 0. The minimum absolute atomic E-state index is 0.00286. The van der Waals surface area contributed by atoms with E-state index in [0.717, 1.165) is 17.7 Å². The second-order valence-electron chi connectivity index (χ2n) is 25.2. The summed E-state index contributed by atoms with van der Waals surface area (Å²) in [6.07, 6.45) is 14.4. The van der Waals surface area contributed by atoms with Crippen LogP contribution in [0.4, 0.5) is 16.2 Å². The van der Waals surface area contributed by atoms with Gasteiger partial charge in [0.15, 0.2) is 11.3 Å². The Morgan fingerprint density at radius 2 is 1.62 bits per heavy atom. The number of carbonyl (C=O) groups is 9. The van der Waals surface area contributed by atoms with Crippen LogP contribution in [-0.2, 0) is 49.6 Å². The summed E-state index contributed by atoms with van der Waals surface area (Å²) in [5.74, 6) is -6.94. The molecule has 8 N–H and O–H groups in total. The van der Waals surface area contributed by atoms with Gasteiger partial charge in [0, 0.05) is 67.7 Å². The third-order valence-electron chi connectivity index (χ3n) is 17.0. The van der Waals surface area contributed by atoms with E-state index < -0.39 is 76.6 Å². The maximum absolute atomic E-state index is 15.0. The number of imide groups is 1. The molecular weight excluding hydrogens is 1210 g/mol. The lowest BCUT2D eigenvalue weighted by atomic mass is 9.82. The molecule has 0 spiro atoms. The first-order valence-electron chi connectivity index (χ1n) is 31.8. The lowest BCUT2D eigenvalue weighted by Gasteiger charge is -2.30. The van der Waals surface area contributed by atoms with E-state index in [2.05, 4.69) is 47.4 Å². The molecule has 8 atom stereocenters. The second-order valence-corrected chi connectivity index (χ2v) is 25.2. The molecule has 1 aliphatic carbocycles. The molecule has 8 amide bonds. The fourth-order valence-corrected chi connectivity index (χ4v) is 12.1. The van der Waals surface area contributed by atoms with Crippen LogP contribution in [0.1, 0.15) is 142 Å². The van der Waals surface area contributed by atoms with Crippen molar-refractivity contribution in [2.75, 3.05) is 23.7 Å². The number of primary amides is 1. The number of ketones is 1. The first-order valence-corrected chi connectivity index (χ1v) is 31.8. The highest BCUT2D eigenvalue weighted by Crippen LogP contribution is 2.51. The number of rotatable bonds is 20. The molecule has 500 valence electrons. The van der Waals surface area contributed by atoms with E-state index in [1.165, 1.54) is 39.2 Å². The number of carbonyl (C=O) groups excluding carboxylic acids is 9. The fourth-order valence-electron chi connectivity index (χ4n) is 12.1. The lowest BCUT2D eigenvalue weighted by Crippen LogP contribution is -2.54. The van der Waals surface area contributed by atoms with E-state index in [-0.39, 0.29) is 148 Å². The molecule has 4 heterocycles. The van der Waals surface area contributed by atoms with Crippen molar-refractivity contribution in [3.05, 3.63) is 118 Å². The number of amides is 8. The van der Waals surface area contributed by atoms with Gasteiger partial charge in [-0.25, -0.2) is 9.78 Å². The number of nitrogens with zero attached hydrogens (tertiary/aromatic N) is 2. The van der Waals surface area contributed by atoms with E-state index in [9.17, 15) is 53.1 Å². The molecule has 0 fully saturated rings. The number of unbranched alkanes of at least 4 members (excludes halogenated alkanes) is 2. The molecule has 3 aromatic carbocycles. The largest absolute Gasteiger partial charge is 0.507 e. The van der Waals surface area contributed by atoms with Crippen molar-refractivity contribution in [2.24, 2.45) is 35.3 Å². The highest BCUT2D eigenvalue weighted by molar-refractivity contribution is 6.22. The Bertz CT molecular complexity index is 3890. The highest BCUT2D eigenvalue weighted by Gasteiger charge is 2.50. The molecule has 5 aliphatic rings. The Balaban J connectivity index is 1.05. The Hall–Kier alpha value is -9.87. The van der Waals surface area contributed by atoms with Gasteiger partial charge in [-0.2, -0.15) is 0 Å². The molecule has 4 bridgehead atoms. The molecule has 8 rings (SSSR count). The number of hydrogen-bond donors (Lipinski definition) is 7. The van der Waals surface area contributed by atoms with Crippen LogP contribution >= 0.6 is 0 Å². The molecule has 24 nitrogen and oxygen atoms in total. The number of aromatic hydroxyl groups is 1. The van der Waals surface area contributed by atoms with Gasteiger partial charge in [-0.15, -0.1) is 0 Å². The minimum atomic E-state index is -2.01. The zero-order valence-electron chi connectivity index (χ0n) is 54.7. The average Bonchev–Trinajstić information content (AvgIpc) is 1.37. The summed E-state index contributed by atoms with van der Waals surface area (Å²) in [5, 5.41) is 25.2. The normalized spacial score (nSPS) is 22.1. The number of allylic oxidation sites excluding steroid dienone is 4. The predicted octanol–water partition coefficient (Wildman–Crippen LogP) is 9.46. The number of nitrogens with one attached hydrogen (secondary N) is 5. The van der Waals surface area contributed by atoms with Gasteiger partial charge in [0.1, 0.15) is 58.9 Å². The molecule has 0 unspecified atom stereocenters. The van der Waals surface area contributed by atoms with Crippen LogP contribution in [0.5, 0.6) is 17.2 Å². The van der Waals surface area contributed by atoms with Crippen LogP contribution in [0.25, 0.3) is 33.3 Å². The molecule has 24 heteroatoms. The minimum Gasteiger partial charge on any atom is -0.507 e. The first-order chi connectivity index (χ1) is 44.7. The van der Waals surface area contributed by atoms with Crippen LogP contribution in [-0.4, -0.2) is 105 Å². The number of esters is 1. The summed E-state index contributed by atoms with van der Waals surface area (Å²) in [4.78, 5) is 139. The maximum atomic E-state index is 15.0. The van der Waals surface area contributed by atoms with Gasteiger partial charge in [-0.3, -0.25) is 48.1 Å². The Morgan fingerprint density at radius 1 is 0.894 bits per heavy atom. The quantitative estimate of drug-likeness (QED) is 0.0125. The Kier molecular flexibility index (Phi) is 22.9. The maximum Gasteiger partial charge on any atom is 0.312 e. The number of ether oxygens (including phenoxy) is 4. The molecule has 0 aromatic heterocycles. The van der Waals surface area contributed by atoms with Crippen molar-refractivity contribution in [1.82, 2.24) is 25.8 Å². The Morgan fingerprint density at radius 3 is 2.31 bits per heavy atom. The van der Waals surface area contributed by atoms with Gasteiger partial charge in [-0.05, 0) is 124 Å². The second kappa shape index (κ2) is 30.7. The molecule has 94 heavy (non-hydrogen) atoms. The molecule has 4 aliphatic heterocycles. The van der Waals surface area contributed by atoms with E-state index in [4.69, 9.17) is 34.1 Å². The third kappa shape index (κ3) is 16.7. The van der Waals surface area contributed by atoms with Gasteiger partial charge < -0.3 is 60.8 Å². The average molecular weight is 1290 g/mol. The summed E-state index contributed by atoms with van der Waals surface area (Å²) in [6.45, 7) is 17.9. The highest BCUT2D eigenvalue weighted by atomic mass is 16.7. The van der Waals surface area contributed by atoms with Crippen molar-refractivity contribution in [1.29, 1.82) is 0 Å². The topological polar surface area (TPSA) is 343 Å².